The van der Waals surface area contributed by atoms with Crippen molar-refractivity contribution in [2.24, 2.45) is 0 Å². The minimum atomic E-state index is -0.309. The fourth-order valence-electron chi connectivity index (χ4n) is 3.79. The van der Waals surface area contributed by atoms with Crippen LogP contribution >= 0.6 is 0 Å². The third-order valence-electron chi connectivity index (χ3n) is 5.49. The average molecular weight is 450 g/mol. The number of aromatic nitrogens is 2. The summed E-state index contributed by atoms with van der Waals surface area (Å²) in [5.41, 5.74) is 4.25. The van der Waals surface area contributed by atoms with Crippen LogP contribution in [0.3, 0.4) is 0 Å². The molecule has 7 heteroatoms. The monoisotopic (exact) mass is 449 g/mol. The van der Waals surface area contributed by atoms with E-state index in [2.05, 4.69) is 10.00 Å². The molecule has 170 valence electrons. The molecule has 2 aromatic carbocycles. The number of fused-ring (bicyclic) bond motifs is 1. The van der Waals surface area contributed by atoms with Gasteiger partial charge in [0.1, 0.15) is 17.2 Å². The number of rotatable bonds is 4. The third kappa shape index (κ3) is 5.37. The molecule has 0 aliphatic carbocycles. The Labute approximate surface area is 191 Å². The molecule has 1 aliphatic heterocycles. The maximum absolute atomic E-state index is 12.6. The normalized spacial score (nSPS) is 13.0. The van der Waals surface area contributed by atoms with E-state index in [0.29, 0.717) is 12.2 Å². The van der Waals surface area contributed by atoms with Crippen LogP contribution in [0.15, 0.2) is 73.1 Å². The molecule has 0 N–H and O–H groups in total. The molecule has 33 heavy (non-hydrogen) atoms. The van der Waals surface area contributed by atoms with Gasteiger partial charge in [0.25, 0.3) is 0 Å². The van der Waals surface area contributed by atoms with Gasteiger partial charge < -0.3 is 9.64 Å². The highest BCUT2D eigenvalue weighted by atomic mass is 19.1. The second kappa shape index (κ2) is 10.3. The number of carbonyl (C=O) groups excluding carboxylic acids is 1. The van der Waals surface area contributed by atoms with Crippen LogP contribution in [0.2, 0.25) is 0 Å². The second-order valence-corrected chi connectivity index (χ2v) is 7.70. The van der Waals surface area contributed by atoms with Gasteiger partial charge >= 0.3 is 5.97 Å². The van der Waals surface area contributed by atoms with Gasteiger partial charge in [-0.2, -0.15) is 5.10 Å². The van der Waals surface area contributed by atoms with Crippen molar-refractivity contribution in [1.82, 2.24) is 9.61 Å². The molecular formula is C26H25F2N3O2. The number of anilines is 1. The highest BCUT2D eigenvalue weighted by molar-refractivity contribution is 5.97. The number of pyridine rings is 1. The fraction of sp³-hybridized carbons (Fsp3) is 0.231. The Morgan fingerprint density at radius 2 is 1.52 bits per heavy atom. The highest BCUT2D eigenvalue weighted by Crippen LogP contribution is 2.23. The smallest absolute Gasteiger partial charge is 0.341 e. The Balaban J connectivity index is 0.000000165. The van der Waals surface area contributed by atoms with E-state index < -0.39 is 0 Å². The maximum atomic E-state index is 12.6. The number of halogens is 2. The summed E-state index contributed by atoms with van der Waals surface area (Å²) >= 11 is 0. The van der Waals surface area contributed by atoms with Gasteiger partial charge in [0.15, 0.2) is 0 Å². The molecular weight excluding hydrogens is 424 g/mol. The standard InChI is InChI=1S/C14H17N3O2.C12H8F2/c1-2-19-14(18)12-10-15-17-8-5-11(9-13(12)17)16-6-3-4-7-16;13-11-5-1-9(2-6-11)10-3-7-12(14)8-4-10/h5,8-10H,2-4,6-7H2,1H3;1-8H. The van der Waals surface area contributed by atoms with Crippen LogP contribution in [0.25, 0.3) is 16.6 Å². The number of ether oxygens (including phenoxy) is 1. The number of esters is 1. The lowest BCUT2D eigenvalue weighted by molar-refractivity contribution is 0.0528. The molecule has 1 fully saturated rings. The number of hydrogen-bond donors (Lipinski definition) is 0. The zero-order valence-corrected chi connectivity index (χ0v) is 18.4. The Morgan fingerprint density at radius 1 is 0.939 bits per heavy atom. The zero-order chi connectivity index (χ0) is 23.2. The number of carbonyl (C=O) groups is 1. The Kier molecular flexibility index (Phi) is 6.98. The van der Waals surface area contributed by atoms with E-state index >= 15 is 0 Å². The lowest BCUT2D eigenvalue weighted by atomic mass is 10.1. The van der Waals surface area contributed by atoms with E-state index in [1.165, 1.54) is 37.1 Å². The van der Waals surface area contributed by atoms with E-state index in [1.807, 2.05) is 18.3 Å². The fourth-order valence-corrected chi connectivity index (χ4v) is 3.79. The summed E-state index contributed by atoms with van der Waals surface area (Å²) in [6.45, 7) is 4.35. The first kappa shape index (κ1) is 22.5. The van der Waals surface area contributed by atoms with Crippen molar-refractivity contribution in [2.45, 2.75) is 19.8 Å². The molecule has 1 aliphatic rings. The first-order valence-electron chi connectivity index (χ1n) is 11.0. The summed E-state index contributed by atoms with van der Waals surface area (Å²) in [6.07, 6.45) is 5.93. The van der Waals surface area contributed by atoms with E-state index in [0.717, 1.165) is 35.4 Å². The molecule has 5 nitrogen and oxygen atoms in total. The van der Waals surface area contributed by atoms with Crippen LogP contribution < -0.4 is 4.90 Å². The molecule has 1 saturated heterocycles. The average Bonchev–Trinajstić information content (AvgIpc) is 3.51. The molecule has 3 heterocycles. The quantitative estimate of drug-likeness (QED) is 0.373. The minimum Gasteiger partial charge on any atom is -0.462 e. The highest BCUT2D eigenvalue weighted by Gasteiger charge is 2.17. The molecule has 0 atom stereocenters. The van der Waals surface area contributed by atoms with Crippen LogP contribution in [0.4, 0.5) is 14.5 Å². The maximum Gasteiger partial charge on any atom is 0.341 e. The van der Waals surface area contributed by atoms with Crippen molar-refractivity contribution in [3.63, 3.8) is 0 Å². The van der Waals surface area contributed by atoms with Crippen LogP contribution in [-0.4, -0.2) is 35.3 Å². The van der Waals surface area contributed by atoms with E-state index in [4.69, 9.17) is 4.74 Å². The van der Waals surface area contributed by atoms with E-state index in [-0.39, 0.29) is 17.6 Å². The first-order chi connectivity index (χ1) is 16.0. The van der Waals surface area contributed by atoms with Gasteiger partial charge in [-0.3, -0.25) is 0 Å². The largest absolute Gasteiger partial charge is 0.462 e. The second-order valence-electron chi connectivity index (χ2n) is 7.70. The summed E-state index contributed by atoms with van der Waals surface area (Å²) in [7, 11) is 0. The van der Waals surface area contributed by atoms with Gasteiger partial charge in [0.2, 0.25) is 0 Å². The van der Waals surface area contributed by atoms with E-state index in [9.17, 15) is 13.6 Å². The first-order valence-corrected chi connectivity index (χ1v) is 11.0. The Morgan fingerprint density at radius 3 is 2.06 bits per heavy atom. The number of nitrogens with zero attached hydrogens (tertiary/aromatic N) is 3. The minimum absolute atomic E-state index is 0.268. The molecule has 4 aromatic rings. The molecule has 2 aromatic heterocycles. The zero-order valence-electron chi connectivity index (χ0n) is 18.4. The summed E-state index contributed by atoms with van der Waals surface area (Å²) in [4.78, 5) is 14.2. The van der Waals surface area contributed by atoms with Crippen molar-refractivity contribution in [3.8, 4) is 11.1 Å². The van der Waals surface area contributed by atoms with Gasteiger partial charge in [-0.05, 0) is 67.3 Å². The number of hydrogen-bond acceptors (Lipinski definition) is 4. The topological polar surface area (TPSA) is 46.8 Å². The molecule has 0 saturated carbocycles. The molecule has 0 bridgehead atoms. The number of benzene rings is 2. The van der Waals surface area contributed by atoms with Crippen molar-refractivity contribution < 1.29 is 18.3 Å². The molecule has 0 spiro atoms. The molecule has 5 rings (SSSR count). The van der Waals surface area contributed by atoms with Crippen molar-refractivity contribution >= 4 is 17.2 Å². The summed E-state index contributed by atoms with van der Waals surface area (Å²) in [5, 5.41) is 4.19. The molecule has 0 radical (unpaired) electrons. The summed E-state index contributed by atoms with van der Waals surface area (Å²) < 4.78 is 32.0. The van der Waals surface area contributed by atoms with E-state index in [1.54, 1.807) is 41.9 Å². The summed E-state index contributed by atoms with van der Waals surface area (Å²) in [6, 6.07) is 16.3. The van der Waals surface area contributed by atoms with Gasteiger partial charge in [0.05, 0.1) is 18.3 Å². The van der Waals surface area contributed by atoms with Crippen LogP contribution in [0.1, 0.15) is 30.1 Å². The van der Waals surface area contributed by atoms with Crippen molar-refractivity contribution in [3.05, 3.63) is 90.3 Å². The van der Waals surface area contributed by atoms with Gasteiger partial charge in [-0.15, -0.1) is 0 Å². The Hall–Kier alpha value is -3.74. The van der Waals surface area contributed by atoms with Crippen LogP contribution in [-0.2, 0) is 4.74 Å². The predicted molar refractivity (Wildman–Crippen MR) is 124 cm³/mol. The van der Waals surface area contributed by atoms with Gasteiger partial charge in [0, 0.05) is 25.0 Å². The predicted octanol–water partition coefficient (Wildman–Crippen LogP) is 5.74. The van der Waals surface area contributed by atoms with Crippen LogP contribution in [0, 0.1) is 11.6 Å². The lowest BCUT2D eigenvalue weighted by Crippen LogP contribution is -2.17. The van der Waals surface area contributed by atoms with Gasteiger partial charge in [-0.1, -0.05) is 24.3 Å². The van der Waals surface area contributed by atoms with Crippen molar-refractivity contribution in [1.29, 1.82) is 0 Å². The molecule has 0 amide bonds. The summed E-state index contributed by atoms with van der Waals surface area (Å²) in [5.74, 6) is -0.845. The molecule has 0 unspecified atom stereocenters. The van der Waals surface area contributed by atoms with Crippen LogP contribution in [0.5, 0.6) is 0 Å². The lowest BCUT2D eigenvalue weighted by Gasteiger charge is -2.17. The SMILES string of the molecule is CCOC(=O)c1cnn2ccc(N3CCCC3)cc12.Fc1ccc(-c2ccc(F)cc2)cc1. The van der Waals surface area contributed by atoms with Gasteiger partial charge in [-0.25, -0.2) is 18.1 Å². The Bertz CT molecular complexity index is 1170. The third-order valence-corrected chi connectivity index (χ3v) is 5.49. The van der Waals surface area contributed by atoms with Crippen molar-refractivity contribution in [2.75, 3.05) is 24.6 Å².